The number of benzene rings is 2. The van der Waals surface area contributed by atoms with Crippen LogP contribution in [0.3, 0.4) is 0 Å². The van der Waals surface area contributed by atoms with Gasteiger partial charge in [0.2, 0.25) is 11.8 Å². The van der Waals surface area contributed by atoms with Gasteiger partial charge in [-0.2, -0.15) is 0 Å². The van der Waals surface area contributed by atoms with E-state index in [9.17, 15) is 9.59 Å². The largest absolute Gasteiger partial charge is 0.325 e. The fraction of sp³-hybridized carbons (Fsp3) is 0.333. The van der Waals surface area contributed by atoms with Crippen LogP contribution in [0.2, 0.25) is 0 Å². The third kappa shape index (κ3) is 4.69. The number of nitrogens with zero attached hydrogens (tertiary/aromatic N) is 1. The summed E-state index contributed by atoms with van der Waals surface area (Å²) in [5.41, 5.74) is 4.75. The molecular weight excluding hydrogens is 312 g/mol. The normalized spacial score (nSPS) is 10.6. The van der Waals surface area contributed by atoms with Crippen molar-refractivity contribution in [1.29, 1.82) is 0 Å². The van der Waals surface area contributed by atoms with Crippen LogP contribution >= 0.6 is 0 Å². The fourth-order valence-electron chi connectivity index (χ4n) is 2.85. The van der Waals surface area contributed by atoms with E-state index in [1.165, 1.54) is 6.92 Å². The first-order chi connectivity index (χ1) is 11.8. The Morgan fingerprint density at radius 2 is 1.68 bits per heavy atom. The van der Waals surface area contributed by atoms with Gasteiger partial charge in [0.05, 0.1) is 5.69 Å². The van der Waals surface area contributed by atoms with Crippen LogP contribution in [-0.4, -0.2) is 18.4 Å². The second-order valence-electron chi connectivity index (χ2n) is 6.69. The molecule has 2 aromatic rings. The van der Waals surface area contributed by atoms with Gasteiger partial charge in [-0.1, -0.05) is 49.7 Å². The van der Waals surface area contributed by atoms with Gasteiger partial charge in [0.1, 0.15) is 6.54 Å². The van der Waals surface area contributed by atoms with Crippen molar-refractivity contribution in [1.82, 2.24) is 0 Å². The van der Waals surface area contributed by atoms with Gasteiger partial charge in [-0.15, -0.1) is 0 Å². The Bertz CT molecular complexity index is 764. The molecule has 4 nitrogen and oxygen atoms in total. The average molecular weight is 338 g/mol. The van der Waals surface area contributed by atoms with E-state index in [1.807, 2.05) is 56.3 Å². The van der Waals surface area contributed by atoms with E-state index in [2.05, 4.69) is 19.2 Å². The fourth-order valence-corrected chi connectivity index (χ4v) is 2.85. The van der Waals surface area contributed by atoms with Crippen LogP contribution in [0.15, 0.2) is 42.5 Å². The van der Waals surface area contributed by atoms with Gasteiger partial charge in [0.25, 0.3) is 0 Å². The summed E-state index contributed by atoms with van der Waals surface area (Å²) in [4.78, 5) is 26.3. The van der Waals surface area contributed by atoms with Gasteiger partial charge in [0, 0.05) is 12.6 Å². The zero-order valence-corrected chi connectivity index (χ0v) is 15.6. The van der Waals surface area contributed by atoms with Gasteiger partial charge in [-0.05, 0) is 43.0 Å². The Morgan fingerprint density at radius 3 is 2.24 bits per heavy atom. The standard InChI is InChI=1S/C21H26N2O2/c1-14(2)19-8-6-7-16(4)21(19)23(17(5)24)13-20(25)22-18-11-9-15(3)10-12-18/h6-12,14H,13H2,1-5H3,(H,22,25). The molecule has 0 spiro atoms. The number of hydrogen-bond acceptors (Lipinski definition) is 2. The first kappa shape index (κ1) is 18.7. The summed E-state index contributed by atoms with van der Waals surface area (Å²) in [6, 6.07) is 13.6. The minimum Gasteiger partial charge on any atom is -0.325 e. The van der Waals surface area contributed by atoms with E-state index >= 15 is 0 Å². The smallest absolute Gasteiger partial charge is 0.244 e. The number of amides is 2. The van der Waals surface area contributed by atoms with Gasteiger partial charge in [-0.25, -0.2) is 0 Å². The van der Waals surface area contributed by atoms with Crippen LogP contribution in [0.25, 0.3) is 0 Å². The lowest BCUT2D eigenvalue weighted by Crippen LogP contribution is -2.37. The van der Waals surface area contributed by atoms with Crippen molar-refractivity contribution < 1.29 is 9.59 Å². The predicted molar refractivity (Wildman–Crippen MR) is 103 cm³/mol. The molecule has 2 rings (SSSR count). The van der Waals surface area contributed by atoms with E-state index in [0.29, 0.717) is 0 Å². The number of hydrogen-bond donors (Lipinski definition) is 1. The molecule has 1 N–H and O–H groups in total. The zero-order chi connectivity index (χ0) is 18.6. The first-order valence-corrected chi connectivity index (χ1v) is 8.53. The van der Waals surface area contributed by atoms with Crippen molar-refractivity contribution >= 4 is 23.2 Å². The van der Waals surface area contributed by atoms with Crippen LogP contribution in [0.5, 0.6) is 0 Å². The molecule has 0 aliphatic rings. The minimum absolute atomic E-state index is 0.00617. The molecule has 2 aromatic carbocycles. The van der Waals surface area contributed by atoms with Crippen LogP contribution in [-0.2, 0) is 9.59 Å². The number of carbonyl (C=O) groups is 2. The highest BCUT2D eigenvalue weighted by Gasteiger charge is 2.21. The Hall–Kier alpha value is -2.62. The Balaban J connectivity index is 2.26. The van der Waals surface area contributed by atoms with E-state index in [1.54, 1.807) is 4.90 Å². The van der Waals surface area contributed by atoms with Crippen LogP contribution < -0.4 is 10.2 Å². The molecule has 0 aliphatic heterocycles. The third-order valence-corrected chi connectivity index (χ3v) is 4.18. The van der Waals surface area contributed by atoms with Gasteiger partial charge < -0.3 is 10.2 Å². The molecule has 2 amide bonds. The summed E-state index contributed by atoms with van der Waals surface area (Å²) < 4.78 is 0. The lowest BCUT2D eigenvalue weighted by Gasteiger charge is -2.27. The molecule has 0 heterocycles. The lowest BCUT2D eigenvalue weighted by molar-refractivity contribution is -0.120. The summed E-state index contributed by atoms with van der Waals surface area (Å²) in [6.07, 6.45) is 0. The average Bonchev–Trinajstić information content (AvgIpc) is 2.54. The number of nitrogens with one attached hydrogen (secondary N) is 1. The van der Waals surface area contributed by atoms with Crippen LogP contribution in [0.1, 0.15) is 43.4 Å². The number of para-hydroxylation sites is 1. The monoisotopic (exact) mass is 338 g/mol. The highest BCUT2D eigenvalue weighted by molar-refractivity contribution is 6.02. The molecule has 0 aliphatic carbocycles. The summed E-state index contributed by atoms with van der Waals surface area (Å²) >= 11 is 0. The first-order valence-electron chi connectivity index (χ1n) is 8.53. The topological polar surface area (TPSA) is 49.4 Å². The van der Waals surface area contributed by atoms with Crippen molar-refractivity contribution in [2.75, 3.05) is 16.8 Å². The zero-order valence-electron chi connectivity index (χ0n) is 15.6. The highest BCUT2D eigenvalue weighted by Crippen LogP contribution is 2.31. The molecular formula is C21H26N2O2. The van der Waals surface area contributed by atoms with E-state index in [0.717, 1.165) is 28.1 Å². The van der Waals surface area contributed by atoms with Crippen molar-refractivity contribution in [2.45, 2.75) is 40.5 Å². The molecule has 4 heteroatoms. The Labute approximate surface area is 149 Å². The quantitative estimate of drug-likeness (QED) is 0.877. The SMILES string of the molecule is CC(=O)N(CC(=O)Nc1ccc(C)cc1)c1c(C)cccc1C(C)C. The molecule has 132 valence electrons. The maximum absolute atomic E-state index is 12.5. The second kappa shape index (κ2) is 7.97. The number of carbonyl (C=O) groups excluding carboxylic acids is 2. The molecule has 0 bridgehead atoms. The molecule has 0 saturated heterocycles. The lowest BCUT2D eigenvalue weighted by atomic mass is 9.97. The maximum atomic E-state index is 12.5. The van der Waals surface area contributed by atoms with E-state index in [4.69, 9.17) is 0 Å². The van der Waals surface area contributed by atoms with Crippen molar-refractivity contribution in [3.63, 3.8) is 0 Å². The molecule has 0 unspecified atom stereocenters. The maximum Gasteiger partial charge on any atom is 0.244 e. The van der Waals surface area contributed by atoms with Gasteiger partial charge in [-0.3, -0.25) is 9.59 Å². The molecule has 25 heavy (non-hydrogen) atoms. The minimum atomic E-state index is -0.211. The molecule has 0 fully saturated rings. The summed E-state index contributed by atoms with van der Waals surface area (Å²) in [5, 5.41) is 2.86. The highest BCUT2D eigenvalue weighted by atomic mass is 16.2. The summed E-state index contributed by atoms with van der Waals surface area (Å²) in [7, 11) is 0. The van der Waals surface area contributed by atoms with Gasteiger partial charge in [0.15, 0.2) is 0 Å². The molecule has 0 atom stereocenters. The Kier molecular flexibility index (Phi) is 5.97. The summed E-state index contributed by atoms with van der Waals surface area (Å²) in [5.74, 6) is -0.0934. The van der Waals surface area contributed by atoms with Crippen molar-refractivity contribution in [3.8, 4) is 0 Å². The van der Waals surface area contributed by atoms with Crippen molar-refractivity contribution in [3.05, 3.63) is 59.2 Å². The number of anilines is 2. The van der Waals surface area contributed by atoms with Gasteiger partial charge >= 0.3 is 0 Å². The van der Waals surface area contributed by atoms with E-state index in [-0.39, 0.29) is 24.3 Å². The predicted octanol–water partition coefficient (Wildman–Crippen LogP) is 4.42. The molecule has 0 radical (unpaired) electrons. The van der Waals surface area contributed by atoms with E-state index < -0.39 is 0 Å². The number of rotatable bonds is 5. The molecule has 0 aromatic heterocycles. The third-order valence-electron chi connectivity index (χ3n) is 4.18. The number of aryl methyl sites for hydroxylation is 2. The van der Waals surface area contributed by atoms with Crippen molar-refractivity contribution in [2.24, 2.45) is 0 Å². The van der Waals surface area contributed by atoms with Crippen LogP contribution in [0.4, 0.5) is 11.4 Å². The summed E-state index contributed by atoms with van der Waals surface area (Å²) in [6.45, 7) is 9.62. The van der Waals surface area contributed by atoms with Crippen LogP contribution in [0, 0.1) is 13.8 Å². The molecule has 0 saturated carbocycles. The second-order valence-corrected chi connectivity index (χ2v) is 6.69. The Morgan fingerprint density at radius 1 is 1.04 bits per heavy atom.